The number of aromatic carboxylic acids is 1. The molecule has 0 aliphatic rings. The number of aromatic nitrogens is 2. The van der Waals surface area contributed by atoms with Crippen LogP contribution >= 0.6 is 0 Å². The van der Waals surface area contributed by atoms with Crippen LogP contribution in [0.3, 0.4) is 0 Å². The number of nitrogens with one attached hydrogen (secondary N) is 1. The first-order valence-corrected chi connectivity index (χ1v) is 5.39. The van der Waals surface area contributed by atoms with Crippen LogP contribution in [0.4, 0.5) is 0 Å². The highest BCUT2D eigenvalue weighted by atomic mass is 16.4. The van der Waals surface area contributed by atoms with Gasteiger partial charge in [0.25, 0.3) is 0 Å². The van der Waals surface area contributed by atoms with Gasteiger partial charge in [-0.05, 0) is 25.0 Å². The number of imidazole rings is 1. The summed E-state index contributed by atoms with van der Waals surface area (Å²) in [6.45, 7) is 4.07. The highest BCUT2D eigenvalue weighted by Gasteiger charge is 2.08. The van der Waals surface area contributed by atoms with E-state index in [1.807, 2.05) is 13.8 Å². The average Bonchev–Trinajstić information content (AvgIpc) is 2.72. The number of hydrogen-bond acceptors (Lipinski definition) is 2. The topological polar surface area (TPSA) is 66.0 Å². The average molecular weight is 230 g/mol. The summed E-state index contributed by atoms with van der Waals surface area (Å²) in [6, 6.07) is 6.22. The van der Waals surface area contributed by atoms with Crippen molar-refractivity contribution in [2.75, 3.05) is 0 Å². The highest BCUT2D eigenvalue weighted by Crippen LogP contribution is 2.14. The molecule has 0 saturated carbocycles. The van der Waals surface area contributed by atoms with Crippen LogP contribution in [0, 0.1) is 13.8 Å². The molecule has 4 nitrogen and oxygen atoms in total. The van der Waals surface area contributed by atoms with E-state index in [2.05, 4.69) is 28.2 Å². The lowest BCUT2D eigenvalue weighted by molar-refractivity contribution is 0.0691. The maximum absolute atomic E-state index is 10.7. The van der Waals surface area contributed by atoms with Crippen LogP contribution in [-0.4, -0.2) is 21.0 Å². The number of aromatic amines is 1. The minimum atomic E-state index is -0.982. The van der Waals surface area contributed by atoms with Gasteiger partial charge in [-0.25, -0.2) is 9.78 Å². The number of carbonyl (C=O) groups is 1. The van der Waals surface area contributed by atoms with Crippen LogP contribution in [-0.2, 0) is 6.42 Å². The van der Waals surface area contributed by atoms with Crippen LogP contribution < -0.4 is 0 Å². The number of rotatable bonds is 3. The van der Waals surface area contributed by atoms with Gasteiger partial charge < -0.3 is 10.1 Å². The number of benzene rings is 1. The fourth-order valence-electron chi connectivity index (χ4n) is 1.73. The van der Waals surface area contributed by atoms with Crippen LogP contribution in [0.5, 0.6) is 0 Å². The summed E-state index contributed by atoms with van der Waals surface area (Å²) in [6.07, 6.45) is 1.98. The molecule has 2 aromatic rings. The summed E-state index contributed by atoms with van der Waals surface area (Å²) < 4.78 is 0. The van der Waals surface area contributed by atoms with E-state index in [1.165, 1.54) is 17.3 Å². The summed E-state index contributed by atoms with van der Waals surface area (Å²) in [4.78, 5) is 17.6. The van der Waals surface area contributed by atoms with Gasteiger partial charge in [0.05, 0.1) is 6.20 Å². The molecule has 1 heterocycles. The first-order valence-electron chi connectivity index (χ1n) is 5.39. The van der Waals surface area contributed by atoms with Crippen LogP contribution in [0.1, 0.15) is 33.0 Å². The van der Waals surface area contributed by atoms with E-state index in [-0.39, 0.29) is 5.69 Å². The maximum atomic E-state index is 10.7. The van der Waals surface area contributed by atoms with Crippen molar-refractivity contribution in [2.45, 2.75) is 20.3 Å². The zero-order valence-electron chi connectivity index (χ0n) is 9.82. The first-order chi connectivity index (χ1) is 8.06. The molecule has 88 valence electrons. The van der Waals surface area contributed by atoms with Gasteiger partial charge >= 0.3 is 5.97 Å². The van der Waals surface area contributed by atoms with Gasteiger partial charge in [-0.15, -0.1) is 0 Å². The fourth-order valence-corrected chi connectivity index (χ4v) is 1.73. The lowest BCUT2D eigenvalue weighted by Crippen LogP contribution is -1.98. The molecular weight excluding hydrogens is 216 g/mol. The molecule has 17 heavy (non-hydrogen) atoms. The van der Waals surface area contributed by atoms with Gasteiger partial charge in [0.1, 0.15) is 11.5 Å². The zero-order valence-corrected chi connectivity index (χ0v) is 9.82. The SMILES string of the molecule is Cc1ccc(C)c(Cc2ncc(C(=O)O)[nH]2)c1. The number of aryl methyl sites for hydroxylation is 2. The Kier molecular flexibility index (Phi) is 2.95. The van der Waals surface area contributed by atoms with Gasteiger partial charge in [-0.1, -0.05) is 23.8 Å². The maximum Gasteiger partial charge on any atom is 0.353 e. The minimum Gasteiger partial charge on any atom is -0.477 e. The Labute approximate surface area is 99.3 Å². The second-order valence-electron chi connectivity index (χ2n) is 4.16. The summed E-state index contributed by atoms with van der Waals surface area (Å²) in [5.41, 5.74) is 3.67. The molecule has 2 rings (SSSR count). The van der Waals surface area contributed by atoms with Crippen LogP contribution in [0.2, 0.25) is 0 Å². The van der Waals surface area contributed by atoms with Crippen molar-refractivity contribution in [3.05, 3.63) is 52.6 Å². The fraction of sp³-hybridized carbons (Fsp3) is 0.231. The molecular formula is C13H14N2O2. The Balaban J connectivity index is 2.25. The number of nitrogens with zero attached hydrogens (tertiary/aromatic N) is 1. The Morgan fingerprint density at radius 2 is 2.18 bits per heavy atom. The molecule has 0 unspecified atom stereocenters. The standard InChI is InChI=1S/C13H14N2O2/c1-8-3-4-9(2)10(5-8)6-12-14-7-11(15-12)13(16)17/h3-5,7H,6H2,1-2H3,(H,14,15)(H,16,17). The predicted octanol–water partition coefficient (Wildman–Crippen LogP) is 2.32. The molecule has 0 aliphatic heterocycles. The molecule has 0 bridgehead atoms. The van der Waals surface area contributed by atoms with Crippen molar-refractivity contribution in [1.82, 2.24) is 9.97 Å². The Bertz CT molecular complexity index is 558. The van der Waals surface area contributed by atoms with E-state index in [4.69, 9.17) is 5.11 Å². The summed E-state index contributed by atoms with van der Waals surface area (Å²) in [5.74, 6) is -0.305. The van der Waals surface area contributed by atoms with E-state index in [1.54, 1.807) is 0 Å². The first kappa shape index (κ1) is 11.4. The van der Waals surface area contributed by atoms with Crippen molar-refractivity contribution in [2.24, 2.45) is 0 Å². The lowest BCUT2D eigenvalue weighted by Gasteiger charge is -2.05. The second kappa shape index (κ2) is 4.41. The van der Waals surface area contributed by atoms with Crippen LogP contribution in [0.15, 0.2) is 24.4 Å². The van der Waals surface area contributed by atoms with E-state index in [9.17, 15) is 4.79 Å². The molecule has 0 amide bonds. The molecule has 0 saturated heterocycles. The normalized spacial score (nSPS) is 10.5. The number of H-pyrrole nitrogens is 1. The van der Waals surface area contributed by atoms with Crippen molar-refractivity contribution >= 4 is 5.97 Å². The molecule has 4 heteroatoms. The molecule has 0 radical (unpaired) electrons. The zero-order chi connectivity index (χ0) is 12.4. The summed E-state index contributed by atoms with van der Waals surface area (Å²) in [5, 5.41) is 8.79. The smallest absolute Gasteiger partial charge is 0.353 e. The number of carboxylic acid groups (broad SMARTS) is 1. The van der Waals surface area contributed by atoms with Crippen molar-refractivity contribution < 1.29 is 9.90 Å². The van der Waals surface area contributed by atoms with Gasteiger partial charge in [-0.3, -0.25) is 0 Å². The van der Waals surface area contributed by atoms with E-state index >= 15 is 0 Å². The van der Waals surface area contributed by atoms with Crippen molar-refractivity contribution in [1.29, 1.82) is 0 Å². The number of hydrogen-bond donors (Lipinski definition) is 2. The molecule has 0 aliphatic carbocycles. The monoisotopic (exact) mass is 230 g/mol. The van der Waals surface area contributed by atoms with E-state index < -0.39 is 5.97 Å². The Morgan fingerprint density at radius 1 is 1.41 bits per heavy atom. The molecule has 1 aromatic carbocycles. The Hall–Kier alpha value is -2.10. The third kappa shape index (κ3) is 2.53. The molecule has 1 aromatic heterocycles. The predicted molar refractivity (Wildman–Crippen MR) is 64.3 cm³/mol. The number of carboxylic acids is 1. The van der Waals surface area contributed by atoms with E-state index in [0.29, 0.717) is 12.2 Å². The molecule has 2 N–H and O–H groups in total. The molecule has 0 fully saturated rings. The van der Waals surface area contributed by atoms with Gasteiger partial charge in [0, 0.05) is 6.42 Å². The van der Waals surface area contributed by atoms with Gasteiger partial charge in [0.2, 0.25) is 0 Å². The van der Waals surface area contributed by atoms with E-state index in [0.717, 1.165) is 5.56 Å². The van der Waals surface area contributed by atoms with Gasteiger partial charge in [0.15, 0.2) is 0 Å². The molecule has 0 atom stereocenters. The largest absolute Gasteiger partial charge is 0.477 e. The molecule has 0 spiro atoms. The third-order valence-electron chi connectivity index (χ3n) is 2.72. The highest BCUT2D eigenvalue weighted by molar-refractivity contribution is 5.85. The lowest BCUT2D eigenvalue weighted by atomic mass is 10.0. The summed E-state index contributed by atoms with van der Waals surface area (Å²) >= 11 is 0. The second-order valence-corrected chi connectivity index (χ2v) is 4.16. The van der Waals surface area contributed by atoms with Crippen LogP contribution in [0.25, 0.3) is 0 Å². The van der Waals surface area contributed by atoms with Crippen molar-refractivity contribution in [3.63, 3.8) is 0 Å². The van der Waals surface area contributed by atoms with Gasteiger partial charge in [-0.2, -0.15) is 0 Å². The summed E-state index contributed by atoms with van der Waals surface area (Å²) in [7, 11) is 0. The quantitative estimate of drug-likeness (QED) is 0.850. The Morgan fingerprint density at radius 3 is 2.82 bits per heavy atom. The third-order valence-corrected chi connectivity index (χ3v) is 2.72. The van der Waals surface area contributed by atoms with Crippen molar-refractivity contribution in [3.8, 4) is 0 Å². The minimum absolute atomic E-state index is 0.130.